The van der Waals surface area contributed by atoms with Crippen LogP contribution in [0.4, 0.5) is 5.69 Å². The Morgan fingerprint density at radius 3 is 1.83 bits per heavy atom. The summed E-state index contributed by atoms with van der Waals surface area (Å²) in [6.45, 7) is 3.31. The number of aromatic amines is 1. The van der Waals surface area contributed by atoms with Crippen molar-refractivity contribution in [3.8, 4) is 5.69 Å². The molecular formula is C21H20N4O8S2. The van der Waals surface area contributed by atoms with E-state index in [-0.39, 0.29) is 16.2 Å². The van der Waals surface area contributed by atoms with Crippen molar-refractivity contribution < 1.29 is 30.7 Å². The lowest BCUT2D eigenvalue weighted by atomic mass is 9.95. The van der Waals surface area contributed by atoms with Gasteiger partial charge >= 0.3 is 0 Å². The number of aromatic nitrogens is 2. The maximum atomic E-state index is 13.1. The number of rotatable bonds is 6. The van der Waals surface area contributed by atoms with Crippen LogP contribution in [0.2, 0.25) is 0 Å². The minimum absolute atomic E-state index is 0.0467. The van der Waals surface area contributed by atoms with E-state index < -0.39 is 37.6 Å². The summed E-state index contributed by atoms with van der Waals surface area (Å²) >= 11 is 0. The fourth-order valence-electron chi connectivity index (χ4n) is 3.76. The van der Waals surface area contributed by atoms with Gasteiger partial charge in [-0.05, 0) is 68.8 Å². The van der Waals surface area contributed by atoms with Gasteiger partial charge in [0.15, 0.2) is 0 Å². The van der Waals surface area contributed by atoms with Crippen molar-refractivity contribution in [1.29, 1.82) is 0 Å². The van der Waals surface area contributed by atoms with Gasteiger partial charge in [-0.15, -0.1) is 0 Å². The molecule has 0 bridgehead atoms. The second kappa shape index (κ2) is 8.57. The van der Waals surface area contributed by atoms with E-state index in [2.05, 4.69) is 10.2 Å². The molecule has 0 fully saturated rings. The molecule has 1 unspecified atom stereocenters. The number of H-pyrrole nitrogens is 1. The van der Waals surface area contributed by atoms with Gasteiger partial charge in [-0.3, -0.25) is 23.8 Å². The van der Waals surface area contributed by atoms with E-state index in [1.807, 2.05) is 0 Å². The number of aryl methyl sites for hydroxylation is 1. The Labute approximate surface area is 200 Å². The Morgan fingerprint density at radius 1 is 0.857 bits per heavy atom. The molecule has 0 saturated heterocycles. The van der Waals surface area contributed by atoms with E-state index in [0.29, 0.717) is 28.3 Å². The first-order valence-corrected chi connectivity index (χ1v) is 13.0. The second-order valence-corrected chi connectivity index (χ2v) is 10.8. The van der Waals surface area contributed by atoms with Crippen LogP contribution in [0, 0.1) is 12.8 Å². The quantitative estimate of drug-likeness (QED) is 0.410. The summed E-state index contributed by atoms with van der Waals surface area (Å²) in [5, 5.41) is 8.27. The van der Waals surface area contributed by atoms with Crippen molar-refractivity contribution in [3.05, 3.63) is 70.1 Å². The summed E-state index contributed by atoms with van der Waals surface area (Å²) in [7, 11) is -8.76. The molecule has 12 nitrogen and oxygen atoms in total. The highest BCUT2D eigenvalue weighted by molar-refractivity contribution is 7.86. The van der Waals surface area contributed by atoms with Crippen LogP contribution in [0.5, 0.6) is 0 Å². The third kappa shape index (κ3) is 4.68. The Bertz CT molecular complexity index is 1620. The van der Waals surface area contributed by atoms with Crippen molar-refractivity contribution in [2.24, 2.45) is 11.0 Å². The molecule has 0 spiro atoms. The largest absolute Gasteiger partial charge is 0.295 e. The molecule has 1 aliphatic heterocycles. The van der Waals surface area contributed by atoms with Gasteiger partial charge in [0, 0.05) is 17.0 Å². The second-order valence-electron chi connectivity index (χ2n) is 7.94. The molecule has 0 aliphatic carbocycles. The monoisotopic (exact) mass is 520 g/mol. The van der Waals surface area contributed by atoms with Crippen molar-refractivity contribution in [3.63, 3.8) is 0 Å². The van der Waals surface area contributed by atoms with Gasteiger partial charge in [-0.2, -0.15) is 21.9 Å². The van der Waals surface area contributed by atoms with Crippen molar-refractivity contribution >= 4 is 37.5 Å². The predicted molar refractivity (Wildman–Crippen MR) is 125 cm³/mol. The molecule has 1 aromatic heterocycles. The Hall–Kier alpha value is -3.59. The highest BCUT2D eigenvalue weighted by Gasteiger charge is 2.36. The number of hydrogen-bond donors (Lipinski definition) is 3. The number of benzene rings is 2. The van der Waals surface area contributed by atoms with Gasteiger partial charge in [-0.1, -0.05) is 0 Å². The van der Waals surface area contributed by atoms with Gasteiger partial charge in [-0.25, -0.2) is 9.69 Å². The topological polar surface area (TPSA) is 179 Å². The molecule has 0 saturated carbocycles. The van der Waals surface area contributed by atoms with E-state index in [1.165, 1.54) is 28.9 Å². The molecule has 3 N–H and O–H groups in total. The van der Waals surface area contributed by atoms with Crippen LogP contribution in [-0.4, -0.2) is 47.3 Å². The van der Waals surface area contributed by atoms with Gasteiger partial charge in [0.25, 0.3) is 31.7 Å². The number of carbonyl (C=O) groups excluding carboxylic acids is 1. The average molecular weight is 521 g/mol. The van der Waals surface area contributed by atoms with Crippen LogP contribution in [0.3, 0.4) is 0 Å². The zero-order valence-corrected chi connectivity index (χ0v) is 20.0. The van der Waals surface area contributed by atoms with Gasteiger partial charge in [0.1, 0.15) is 0 Å². The maximum absolute atomic E-state index is 13.1. The van der Waals surface area contributed by atoms with E-state index >= 15 is 0 Å². The molecule has 1 amide bonds. The summed E-state index contributed by atoms with van der Waals surface area (Å²) in [5.74, 6) is -1.15. The zero-order valence-electron chi connectivity index (χ0n) is 18.4. The first kappa shape index (κ1) is 24.5. The summed E-state index contributed by atoms with van der Waals surface area (Å²) in [5.41, 5.74) is 1.49. The first-order chi connectivity index (χ1) is 16.3. The zero-order chi connectivity index (χ0) is 25.7. The highest BCUT2D eigenvalue weighted by Crippen LogP contribution is 2.27. The normalized spacial score (nSPS) is 16.6. The molecule has 1 aliphatic rings. The number of hydrazone groups is 1. The Kier molecular flexibility index (Phi) is 6.00. The lowest BCUT2D eigenvalue weighted by Gasteiger charge is -2.14. The molecule has 1 atom stereocenters. The third-order valence-corrected chi connectivity index (χ3v) is 7.38. The standard InChI is InChI=1S/C21H20N4O8S2/c1-12-18(20(26)24(22-12)14-3-7-16(8-4-14)34(28,29)30)11-19-13(2)23-25(21(19)27)15-5-9-17(10-6-15)35(31,32)33/h3-10,18,23H,11H2,1-2H3,(H,28,29,30)(H,31,32,33). The fourth-order valence-corrected chi connectivity index (χ4v) is 4.72. The van der Waals surface area contributed by atoms with E-state index in [9.17, 15) is 26.4 Å². The summed E-state index contributed by atoms with van der Waals surface area (Å²) in [6, 6.07) is 10.0. The predicted octanol–water partition coefficient (Wildman–Crippen LogP) is 1.55. The molecule has 2 heterocycles. The van der Waals surface area contributed by atoms with Gasteiger partial charge in [0.2, 0.25) is 0 Å². The van der Waals surface area contributed by atoms with Crippen molar-refractivity contribution in [1.82, 2.24) is 9.78 Å². The molecule has 3 aromatic rings. The SMILES string of the molecule is CC1=NN(c2ccc(S(=O)(=O)O)cc2)C(=O)C1Cc1c(C)[nH]n(-c2ccc(S(=O)(=O)O)cc2)c1=O. The van der Waals surface area contributed by atoms with Crippen LogP contribution < -0.4 is 10.6 Å². The first-order valence-electron chi connectivity index (χ1n) is 10.1. The minimum atomic E-state index is -4.38. The maximum Gasteiger partial charge on any atom is 0.294 e. The number of nitrogens with zero attached hydrogens (tertiary/aromatic N) is 3. The van der Waals surface area contributed by atoms with E-state index in [0.717, 1.165) is 29.3 Å². The number of hydrogen-bond acceptors (Lipinski definition) is 7. The number of nitrogens with one attached hydrogen (secondary N) is 1. The molecule has 2 aromatic carbocycles. The summed E-state index contributed by atoms with van der Waals surface area (Å²) in [4.78, 5) is 25.5. The van der Waals surface area contributed by atoms with Crippen LogP contribution in [0.15, 0.2) is 68.2 Å². The average Bonchev–Trinajstić information content (AvgIpc) is 3.23. The van der Waals surface area contributed by atoms with Crippen LogP contribution in [-0.2, 0) is 31.5 Å². The number of anilines is 1. The lowest BCUT2D eigenvalue weighted by Crippen LogP contribution is -2.30. The number of carbonyl (C=O) groups is 1. The van der Waals surface area contributed by atoms with Crippen LogP contribution >= 0.6 is 0 Å². The van der Waals surface area contributed by atoms with Gasteiger partial charge < -0.3 is 0 Å². The fraction of sp³-hybridized carbons (Fsp3) is 0.190. The minimum Gasteiger partial charge on any atom is -0.295 e. The van der Waals surface area contributed by atoms with E-state index in [4.69, 9.17) is 9.11 Å². The number of amides is 1. The summed E-state index contributed by atoms with van der Waals surface area (Å²) < 4.78 is 64.4. The third-order valence-electron chi connectivity index (χ3n) is 5.64. The molecule has 14 heteroatoms. The highest BCUT2D eigenvalue weighted by atomic mass is 32.2. The van der Waals surface area contributed by atoms with Crippen LogP contribution in [0.25, 0.3) is 5.69 Å². The summed E-state index contributed by atoms with van der Waals surface area (Å²) in [6.07, 6.45) is 0.0467. The van der Waals surface area contributed by atoms with Gasteiger partial charge in [0.05, 0.1) is 27.1 Å². The molecule has 35 heavy (non-hydrogen) atoms. The molecular weight excluding hydrogens is 500 g/mol. The Morgan fingerprint density at radius 2 is 1.34 bits per heavy atom. The molecule has 0 radical (unpaired) electrons. The van der Waals surface area contributed by atoms with E-state index in [1.54, 1.807) is 13.8 Å². The molecule has 4 rings (SSSR count). The smallest absolute Gasteiger partial charge is 0.294 e. The molecule has 184 valence electrons. The van der Waals surface area contributed by atoms with Crippen molar-refractivity contribution in [2.75, 3.05) is 5.01 Å². The van der Waals surface area contributed by atoms with Crippen molar-refractivity contribution in [2.45, 2.75) is 30.1 Å². The Balaban J connectivity index is 1.59. The lowest BCUT2D eigenvalue weighted by molar-refractivity contribution is -0.119. The van der Waals surface area contributed by atoms with Crippen LogP contribution in [0.1, 0.15) is 18.2 Å².